The molecule has 3 heteroatoms. The first-order valence-electron chi connectivity index (χ1n) is 6.52. The third-order valence-electron chi connectivity index (χ3n) is 3.82. The highest BCUT2D eigenvalue weighted by Crippen LogP contribution is 2.32. The van der Waals surface area contributed by atoms with E-state index < -0.39 is 0 Å². The highest BCUT2D eigenvalue weighted by atomic mass is 35.5. The summed E-state index contributed by atoms with van der Waals surface area (Å²) in [7, 11) is 0. The average molecular weight is 253 g/mol. The maximum atomic E-state index is 6.20. The van der Waals surface area contributed by atoms with Gasteiger partial charge in [0.15, 0.2) is 0 Å². The molecule has 1 aliphatic rings. The first kappa shape index (κ1) is 12.9. The van der Waals surface area contributed by atoms with E-state index in [1.807, 2.05) is 18.2 Å². The summed E-state index contributed by atoms with van der Waals surface area (Å²) in [5.74, 6) is 6.55. The van der Waals surface area contributed by atoms with Crippen LogP contribution in [0.5, 0.6) is 0 Å². The molecule has 1 fully saturated rings. The number of hydrazine groups is 1. The molecule has 0 bridgehead atoms. The fourth-order valence-corrected chi connectivity index (χ4v) is 3.06. The summed E-state index contributed by atoms with van der Waals surface area (Å²) in [4.78, 5) is 0. The van der Waals surface area contributed by atoms with Crippen LogP contribution in [0, 0.1) is 5.92 Å². The first-order chi connectivity index (χ1) is 8.31. The maximum Gasteiger partial charge on any atom is 0.0474 e. The Balaban J connectivity index is 1.94. The van der Waals surface area contributed by atoms with Crippen molar-refractivity contribution < 1.29 is 0 Å². The topological polar surface area (TPSA) is 38.0 Å². The molecule has 17 heavy (non-hydrogen) atoms. The molecular weight excluding hydrogens is 232 g/mol. The summed E-state index contributed by atoms with van der Waals surface area (Å²) in [5, 5.41) is 0.807. The molecule has 0 heterocycles. The van der Waals surface area contributed by atoms with E-state index in [0.29, 0.717) is 0 Å². The highest BCUT2D eigenvalue weighted by molar-refractivity contribution is 6.31. The predicted molar refractivity (Wildman–Crippen MR) is 72.7 cm³/mol. The van der Waals surface area contributed by atoms with Crippen molar-refractivity contribution >= 4 is 11.6 Å². The van der Waals surface area contributed by atoms with Gasteiger partial charge in [-0.25, -0.2) is 0 Å². The van der Waals surface area contributed by atoms with Gasteiger partial charge in [0, 0.05) is 11.1 Å². The number of hydrogen-bond acceptors (Lipinski definition) is 2. The van der Waals surface area contributed by atoms with Crippen molar-refractivity contribution in [1.29, 1.82) is 0 Å². The monoisotopic (exact) mass is 252 g/mol. The standard InChI is InChI=1S/C14H21ClN2/c15-13-8-4-3-7-12(13)14(17-16)10-9-11-5-1-2-6-11/h3-4,7-8,11,14,17H,1-2,5-6,9-10,16H2. The molecule has 1 aromatic carbocycles. The molecule has 0 radical (unpaired) electrons. The summed E-state index contributed by atoms with van der Waals surface area (Å²) in [5.41, 5.74) is 4.02. The minimum atomic E-state index is 0.185. The van der Waals surface area contributed by atoms with Crippen molar-refractivity contribution in [2.45, 2.75) is 44.6 Å². The number of hydrogen-bond donors (Lipinski definition) is 2. The summed E-state index contributed by atoms with van der Waals surface area (Å²) in [6.45, 7) is 0. The Morgan fingerprint density at radius 3 is 2.65 bits per heavy atom. The van der Waals surface area contributed by atoms with Gasteiger partial charge in [0.1, 0.15) is 0 Å². The number of nitrogens with two attached hydrogens (primary N) is 1. The summed E-state index contributed by atoms with van der Waals surface area (Å²) >= 11 is 6.20. The fraction of sp³-hybridized carbons (Fsp3) is 0.571. The predicted octanol–water partition coefficient (Wildman–Crippen LogP) is 3.81. The zero-order chi connectivity index (χ0) is 12.1. The number of rotatable bonds is 5. The molecule has 0 spiro atoms. The average Bonchev–Trinajstić information content (AvgIpc) is 2.85. The normalized spacial score (nSPS) is 18.5. The van der Waals surface area contributed by atoms with Crippen LogP contribution < -0.4 is 11.3 Å². The largest absolute Gasteiger partial charge is 0.271 e. The van der Waals surface area contributed by atoms with Crippen LogP contribution in [0.2, 0.25) is 5.02 Å². The summed E-state index contributed by atoms with van der Waals surface area (Å²) in [6.07, 6.45) is 7.90. The molecule has 94 valence electrons. The van der Waals surface area contributed by atoms with E-state index in [0.717, 1.165) is 22.9 Å². The Bertz CT molecular complexity index is 348. The van der Waals surface area contributed by atoms with Crippen LogP contribution in [0.4, 0.5) is 0 Å². The minimum absolute atomic E-state index is 0.185. The molecular formula is C14H21ClN2. The van der Waals surface area contributed by atoms with Crippen molar-refractivity contribution in [2.24, 2.45) is 11.8 Å². The summed E-state index contributed by atoms with van der Waals surface area (Å²) < 4.78 is 0. The van der Waals surface area contributed by atoms with Gasteiger partial charge in [-0.1, -0.05) is 55.5 Å². The Kier molecular flexibility index (Phi) is 4.84. The SMILES string of the molecule is NNC(CCC1CCCC1)c1ccccc1Cl. The van der Waals surface area contributed by atoms with Crippen LogP contribution in [0.15, 0.2) is 24.3 Å². The van der Waals surface area contributed by atoms with Gasteiger partial charge < -0.3 is 0 Å². The van der Waals surface area contributed by atoms with Gasteiger partial charge in [-0.2, -0.15) is 0 Å². The Morgan fingerprint density at radius 2 is 2.00 bits per heavy atom. The molecule has 1 atom stereocenters. The molecule has 1 aliphatic carbocycles. The summed E-state index contributed by atoms with van der Waals surface area (Å²) in [6, 6.07) is 8.14. The van der Waals surface area contributed by atoms with E-state index in [9.17, 15) is 0 Å². The first-order valence-corrected chi connectivity index (χ1v) is 6.89. The molecule has 2 nitrogen and oxygen atoms in total. The lowest BCUT2D eigenvalue weighted by atomic mass is 9.95. The molecule has 1 unspecified atom stereocenters. The highest BCUT2D eigenvalue weighted by Gasteiger charge is 2.18. The third kappa shape index (κ3) is 3.44. The van der Waals surface area contributed by atoms with E-state index in [2.05, 4.69) is 11.5 Å². The van der Waals surface area contributed by atoms with Gasteiger partial charge in [-0.15, -0.1) is 0 Å². The fourth-order valence-electron chi connectivity index (χ4n) is 2.79. The molecule has 0 aromatic heterocycles. The minimum Gasteiger partial charge on any atom is -0.271 e. The van der Waals surface area contributed by atoms with Crippen molar-refractivity contribution in [3.63, 3.8) is 0 Å². The molecule has 1 aromatic rings. The number of benzene rings is 1. The smallest absolute Gasteiger partial charge is 0.0474 e. The van der Waals surface area contributed by atoms with Gasteiger partial charge in [0.05, 0.1) is 0 Å². The van der Waals surface area contributed by atoms with E-state index in [1.54, 1.807) is 0 Å². The van der Waals surface area contributed by atoms with Crippen molar-refractivity contribution in [2.75, 3.05) is 0 Å². The van der Waals surface area contributed by atoms with E-state index in [4.69, 9.17) is 17.4 Å². The van der Waals surface area contributed by atoms with E-state index >= 15 is 0 Å². The van der Waals surface area contributed by atoms with Crippen LogP contribution in [-0.2, 0) is 0 Å². The van der Waals surface area contributed by atoms with Gasteiger partial charge in [-0.3, -0.25) is 11.3 Å². The van der Waals surface area contributed by atoms with Gasteiger partial charge >= 0.3 is 0 Å². The zero-order valence-corrected chi connectivity index (χ0v) is 10.9. The van der Waals surface area contributed by atoms with Gasteiger partial charge in [-0.05, 0) is 30.4 Å². The number of nitrogens with one attached hydrogen (secondary N) is 1. The Labute approximate surface area is 109 Å². The zero-order valence-electron chi connectivity index (χ0n) is 10.2. The van der Waals surface area contributed by atoms with Gasteiger partial charge in [0.2, 0.25) is 0 Å². The van der Waals surface area contributed by atoms with Crippen LogP contribution in [-0.4, -0.2) is 0 Å². The maximum absolute atomic E-state index is 6.20. The Morgan fingerprint density at radius 1 is 1.29 bits per heavy atom. The molecule has 3 N–H and O–H groups in total. The van der Waals surface area contributed by atoms with Crippen LogP contribution in [0.25, 0.3) is 0 Å². The molecule has 0 saturated heterocycles. The van der Waals surface area contributed by atoms with E-state index in [1.165, 1.54) is 32.1 Å². The molecule has 0 aliphatic heterocycles. The van der Waals surface area contributed by atoms with Crippen molar-refractivity contribution in [1.82, 2.24) is 5.43 Å². The second-order valence-electron chi connectivity index (χ2n) is 4.97. The second-order valence-corrected chi connectivity index (χ2v) is 5.38. The van der Waals surface area contributed by atoms with Crippen LogP contribution in [0.3, 0.4) is 0 Å². The molecule has 1 saturated carbocycles. The van der Waals surface area contributed by atoms with Crippen LogP contribution >= 0.6 is 11.6 Å². The molecule has 2 rings (SSSR count). The lowest BCUT2D eigenvalue weighted by Crippen LogP contribution is -2.28. The quantitative estimate of drug-likeness (QED) is 0.618. The van der Waals surface area contributed by atoms with Crippen molar-refractivity contribution in [3.8, 4) is 0 Å². The molecule has 0 amide bonds. The van der Waals surface area contributed by atoms with E-state index in [-0.39, 0.29) is 6.04 Å². The lowest BCUT2D eigenvalue weighted by Gasteiger charge is -2.19. The third-order valence-corrected chi connectivity index (χ3v) is 4.16. The lowest BCUT2D eigenvalue weighted by molar-refractivity contribution is 0.416. The Hall–Kier alpha value is -0.570. The van der Waals surface area contributed by atoms with Gasteiger partial charge in [0.25, 0.3) is 0 Å². The van der Waals surface area contributed by atoms with Crippen molar-refractivity contribution in [3.05, 3.63) is 34.9 Å². The second kappa shape index (κ2) is 6.39. The number of halogens is 1. The van der Waals surface area contributed by atoms with Crippen LogP contribution in [0.1, 0.15) is 50.1 Å².